The van der Waals surface area contributed by atoms with Crippen molar-refractivity contribution >= 4 is 11.6 Å². The lowest BCUT2D eigenvalue weighted by molar-refractivity contribution is 0.0440. The molecule has 2 heterocycles. The van der Waals surface area contributed by atoms with Crippen molar-refractivity contribution in [2.45, 2.75) is 19.0 Å². The highest BCUT2D eigenvalue weighted by Gasteiger charge is 2.22. The molecule has 1 saturated heterocycles. The summed E-state index contributed by atoms with van der Waals surface area (Å²) >= 11 is 5.68. The summed E-state index contributed by atoms with van der Waals surface area (Å²) in [6.45, 7) is 3.48. The van der Waals surface area contributed by atoms with Gasteiger partial charge in [-0.25, -0.2) is 0 Å². The second-order valence-corrected chi connectivity index (χ2v) is 3.67. The SMILES string of the molecule is CC1COCC(c2ccc(Cl)o2)N1. The highest BCUT2D eigenvalue weighted by molar-refractivity contribution is 6.28. The smallest absolute Gasteiger partial charge is 0.193 e. The fraction of sp³-hybridized carbons (Fsp3) is 0.556. The first-order valence-electron chi connectivity index (χ1n) is 4.35. The Morgan fingerprint density at radius 2 is 2.31 bits per heavy atom. The maximum absolute atomic E-state index is 5.68. The van der Waals surface area contributed by atoms with Crippen molar-refractivity contribution in [3.63, 3.8) is 0 Å². The third-order valence-electron chi connectivity index (χ3n) is 2.08. The largest absolute Gasteiger partial charge is 0.448 e. The molecule has 2 unspecified atom stereocenters. The zero-order valence-corrected chi connectivity index (χ0v) is 8.17. The van der Waals surface area contributed by atoms with Crippen LogP contribution >= 0.6 is 11.6 Å². The molecule has 1 fully saturated rings. The van der Waals surface area contributed by atoms with Gasteiger partial charge in [0.15, 0.2) is 5.22 Å². The van der Waals surface area contributed by atoms with E-state index in [2.05, 4.69) is 12.2 Å². The van der Waals surface area contributed by atoms with Gasteiger partial charge in [-0.3, -0.25) is 0 Å². The van der Waals surface area contributed by atoms with Gasteiger partial charge in [0.1, 0.15) is 5.76 Å². The van der Waals surface area contributed by atoms with Crippen molar-refractivity contribution in [3.05, 3.63) is 23.1 Å². The molecule has 4 heteroatoms. The molecule has 1 aliphatic rings. The minimum absolute atomic E-state index is 0.135. The molecule has 0 aliphatic carbocycles. The first kappa shape index (κ1) is 9.06. The molecule has 1 N–H and O–H groups in total. The van der Waals surface area contributed by atoms with E-state index in [9.17, 15) is 0 Å². The van der Waals surface area contributed by atoms with Crippen molar-refractivity contribution < 1.29 is 9.15 Å². The van der Waals surface area contributed by atoms with Gasteiger partial charge >= 0.3 is 0 Å². The topological polar surface area (TPSA) is 34.4 Å². The fourth-order valence-corrected chi connectivity index (χ4v) is 1.63. The molecule has 1 aliphatic heterocycles. The van der Waals surface area contributed by atoms with E-state index in [1.54, 1.807) is 6.07 Å². The van der Waals surface area contributed by atoms with Gasteiger partial charge in [-0.05, 0) is 30.7 Å². The lowest BCUT2D eigenvalue weighted by Crippen LogP contribution is -2.41. The molecule has 0 saturated carbocycles. The Morgan fingerprint density at radius 3 is 2.92 bits per heavy atom. The third-order valence-corrected chi connectivity index (χ3v) is 2.28. The van der Waals surface area contributed by atoms with E-state index in [0.29, 0.717) is 17.9 Å². The van der Waals surface area contributed by atoms with Crippen LogP contribution < -0.4 is 5.32 Å². The van der Waals surface area contributed by atoms with Gasteiger partial charge in [0, 0.05) is 6.04 Å². The Morgan fingerprint density at radius 1 is 1.46 bits per heavy atom. The number of rotatable bonds is 1. The van der Waals surface area contributed by atoms with Gasteiger partial charge < -0.3 is 14.5 Å². The Hall–Kier alpha value is -0.510. The predicted octanol–water partition coefficient (Wildman–Crippen LogP) is 1.98. The molecule has 1 aromatic heterocycles. The Balaban J connectivity index is 2.08. The number of halogens is 1. The Kier molecular flexibility index (Phi) is 2.58. The molecule has 13 heavy (non-hydrogen) atoms. The van der Waals surface area contributed by atoms with E-state index >= 15 is 0 Å². The van der Waals surface area contributed by atoms with Crippen LogP contribution in [0.3, 0.4) is 0 Å². The number of furan rings is 1. The highest BCUT2D eigenvalue weighted by atomic mass is 35.5. The molecule has 1 aromatic rings. The number of hydrogen-bond acceptors (Lipinski definition) is 3. The average Bonchev–Trinajstić information content (AvgIpc) is 2.52. The number of hydrogen-bond donors (Lipinski definition) is 1. The minimum atomic E-state index is 0.135. The maximum Gasteiger partial charge on any atom is 0.193 e. The summed E-state index contributed by atoms with van der Waals surface area (Å²) in [5.41, 5.74) is 0. The quantitative estimate of drug-likeness (QED) is 0.755. The summed E-state index contributed by atoms with van der Waals surface area (Å²) in [6, 6.07) is 4.12. The predicted molar refractivity (Wildman–Crippen MR) is 49.9 cm³/mol. The second-order valence-electron chi connectivity index (χ2n) is 3.30. The first-order chi connectivity index (χ1) is 6.25. The van der Waals surface area contributed by atoms with E-state index in [1.807, 2.05) is 6.07 Å². The molecule has 0 amide bonds. The van der Waals surface area contributed by atoms with Crippen LogP contribution in [0.2, 0.25) is 5.22 Å². The van der Waals surface area contributed by atoms with E-state index in [4.69, 9.17) is 20.8 Å². The van der Waals surface area contributed by atoms with Gasteiger partial charge in [-0.2, -0.15) is 0 Å². The molecule has 2 atom stereocenters. The zero-order chi connectivity index (χ0) is 9.26. The van der Waals surface area contributed by atoms with Crippen molar-refractivity contribution in [1.82, 2.24) is 5.32 Å². The zero-order valence-electron chi connectivity index (χ0n) is 7.42. The Labute approximate surface area is 82.0 Å². The van der Waals surface area contributed by atoms with Gasteiger partial charge in [-0.15, -0.1) is 0 Å². The van der Waals surface area contributed by atoms with Crippen LogP contribution in [0.4, 0.5) is 0 Å². The van der Waals surface area contributed by atoms with Gasteiger partial charge in [0.25, 0.3) is 0 Å². The van der Waals surface area contributed by atoms with Crippen molar-refractivity contribution in [2.75, 3.05) is 13.2 Å². The average molecular weight is 202 g/mol. The summed E-state index contributed by atoms with van der Waals surface area (Å²) in [4.78, 5) is 0. The minimum Gasteiger partial charge on any atom is -0.448 e. The second kappa shape index (κ2) is 3.70. The number of morpholine rings is 1. The number of nitrogens with one attached hydrogen (secondary N) is 1. The molecule has 3 nitrogen and oxygen atoms in total. The molecule has 0 aromatic carbocycles. The normalized spacial score (nSPS) is 29.1. The lowest BCUT2D eigenvalue weighted by Gasteiger charge is -2.27. The first-order valence-corrected chi connectivity index (χ1v) is 4.72. The van der Waals surface area contributed by atoms with Crippen LogP contribution in [-0.4, -0.2) is 19.3 Å². The van der Waals surface area contributed by atoms with E-state index in [1.165, 1.54) is 0 Å². The molecule has 0 bridgehead atoms. The summed E-state index contributed by atoms with van der Waals surface area (Å²) < 4.78 is 10.7. The third kappa shape index (κ3) is 2.05. The van der Waals surface area contributed by atoms with Crippen LogP contribution in [0.1, 0.15) is 18.7 Å². The monoisotopic (exact) mass is 201 g/mol. The van der Waals surface area contributed by atoms with Crippen molar-refractivity contribution in [3.8, 4) is 0 Å². The van der Waals surface area contributed by atoms with Crippen LogP contribution in [0.25, 0.3) is 0 Å². The molecular formula is C9H12ClNO2. The lowest BCUT2D eigenvalue weighted by atomic mass is 10.2. The van der Waals surface area contributed by atoms with Crippen LogP contribution in [0.15, 0.2) is 16.5 Å². The highest BCUT2D eigenvalue weighted by Crippen LogP contribution is 2.22. The van der Waals surface area contributed by atoms with Crippen molar-refractivity contribution in [1.29, 1.82) is 0 Å². The molecular weight excluding hydrogens is 190 g/mol. The van der Waals surface area contributed by atoms with Gasteiger partial charge in [0.05, 0.1) is 19.3 Å². The summed E-state index contributed by atoms with van der Waals surface area (Å²) in [5, 5.41) is 3.79. The van der Waals surface area contributed by atoms with E-state index in [-0.39, 0.29) is 6.04 Å². The van der Waals surface area contributed by atoms with Gasteiger partial charge in [-0.1, -0.05) is 0 Å². The van der Waals surface area contributed by atoms with Crippen LogP contribution in [0.5, 0.6) is 0 Å². The maximum atomic E-state index is 5.68. The summed E-state index contributed by atoms with van der Waals surface area (Å²) in [7, 11) is 0. The van der Waals surface area contributed by atoms with Gasteiger partial charge in [0.2, 0.25) is 0 Å². The van der Waals surface area contributed by atoms with E-state index < -0.39 is 0 Å². The summed E-state index contributed by atoms with van der Waals surface area (Å²) in [6.07, 6.45) is 0. The van der Waals surface area contributed by atoms with Crippen molar-refractivity contribution in [2.24, 2.45) is 0 Å². The Bertz CT molecular complexity index is 287. The molecule has 72 valence electrons. The van der Waals surface area contributed by atoms with E-state index in [0.717, 1.165) is 12.4 Å². The fourth-order valence-electron chi connectivity index (χ4n) is 1.48. The molecule has 0 spiro atoms. The van der Waals surface area contributed by atoms with Crippen LogP contribution in [0, 0.1) is 0 Å². The molecule has 0 radical (unpaired) electrons. The summed E-state index contributed by atoms with van der Waals surface area (Å²) in [5.74, 6) is 0.844. The van der Waals surface area contributed by atoms with Crippen LogP contribution in [-0.2, 0) is 4.74 Å². The molecule has 2 rings (SSSR count). The number of ether oxygens (including phenoxy) is 1. The standard InChI is InChI=1S/C9H12ClNO2/c1-6-4-12-5-7(11-6)8-2-3-9(10)13-8/h2-3,6-7,11H,4-5H2,1H3.